The minimum Gasteiger partial charge on any atom is -0.462 e. The van der Waals surface area contributed by atoms with Crippen LogP contribution in [0.3, 0.4) is 0 Å². The average molecular weight is 267 g/mol. The van der Waals surface area contributed by atoms with Crippen LogP contribution in [0, 0.1) is 11.6 Å². The number of hydrogen-bond donors (Lipinski definition) is 1. The number of furan rings is 1. The second-order valence-corrected chi connectivity index (χ2v) is 4.26. The fourth-order valence-electron chi connectivity index (χ4n) is 1.86. The maximum absolute atomic E-state index is 13.5. The van der Waals surface area contributed by atoms with Crippen molar-refractivity contribution < 1.29 is 17.9 Å². The monoisotopic (exact) mass is 267 g/mol. The predicted octanol–water partition coefficient (Wildman–Crippen LogP) is 2.95. The van der Waals surface area contributed by atoms with Gasteiger partial charge in [-0.15, -0.1) is 0 Å². The van der Waals surface area contributed by atoms with Crippen LogP contribution in [0.15, 0.2) is 34.7 Å². The van der Waals surface area contributed by atoms with Gasteiger partial charge in [-0.05, 0) is 30.2 Å². The van der Waals surface area contributed by atoms with Gasteiger partial charge in [0.15, 0.2) is 11.6 Å². The maximum atomic E-state index is 13.5. The first kappa shape index (κ1) is 13.7. The molecular weight excluding hydrogens is 252 g/mol. The van der Waals surface area contributed by atoms with Gasteiger partial charge in [0, 0.05) is 7.11 Å². The highest BCUT2D eigenvalue weighted by Crippen LogP contribution is 2.21. The predicted molar refractivity (Wildman–Crippen MR) is 66.4 cm³/mol. The summed E-state index contributed by atoms with van der Waals surface area (Å²) in [4.78, 5) is 0. The highest BCUT2D eigenvalue weighted by Gasteiger charge is 2.15. The van der Waals surface area contributed by atoms with Crippen LogP contribution in [0.4, 0.5) is 8.78 Å². The lowest BCUT2D eigenvalue weighted by molar-refractivity contribution is 0.162. The Bertz CT molecular complexity index is 554. The number of halogens is 2. The summed E-state index contributed by atoms with van der Waals surface area (Å²) in [6, 6.07) is 6.99. The van der Waals surface area contributed by atoms with E-state index in [0.29, 0.717) is 18.1 Å². The van der Waals surface area contributed by atoms with Crippen LogP contribution in [0.2, 0.25) is 0 Å². The number of ether oxygens (including phenoxy) is 1. The number of nitrogens with two attached hydrogens (primary N) is 1. The molecule has 102 valence electrons. The van der Waals surface area contributed by atoms with Gasteiger partial charge >= 0.3 is 0 Å². The zero-order chi connectivity index (χ0) is 13.8. The van der Waals surface area contributed by atoms with Crippen LogP contribution in [-0.2, 0) is 17.8 Å². The lowest BCUT2D eigenvalue weighted by Crippen LogP contribution is -2.13. The topological polar surface area (TPSA) is 48.4 Å². The number of benzene rings is 1. The van der Waals surface area contributed by atoms with Crippen molar-refractivity contribution in [1.82, 2.24) is 0 Å². The molecule has 0 aliphatic carbocycles. The second kappa shape index (κ2) is 5.95. The summed E-state index contributed by atoms with van der Waals surface area (Å²) in [5, 5.41) is 0. The third-order valence-corrected chi connectivity index (χ3v) is 2.81. The molecule has 0 aliphatic heterocycles. The molecule has 1 heterocycles. The van der Waals surface area contributed by atoms with Crippen LogP contribution in [-0.4, -0.2) is 7.11 Å². The van der Waals surface area contributed by atoms with Gasteiger partial charge in [-0.3, -0.25) is 0 Å². The molecule has 2 rings (SSSR count). The van der Waals surface area contributed by atoms with E-state index >= 15 is 0 Å². The molecule has 0 saturated carbocycles. The molecule has 3 nitrogen and oxygen atoms in total. The SMILES string of the molecule is COCc1ccc(C(N)Cc2cccc(F)c2F)o1. The smallest absolute Gasteiger partial charge is 0.162 e. The van der Waals surface area contributed by atoms with Crippen molar-refractivity contribution in [2.45, 2.75) is 19.1 Å². The fraction of sp³-hybridized carbons (Fsp3) is 0.286. The molecule has 0 amide bonds. The average Bonchev–Trinajstić information content (AvgIpc) is 2.84. The lowest BCUT2D eigenvalue weighted by atomic mass is 10.0. The number of hydrogen-bond acceptors (Lipinski definition) is 3. The molecule has 5 heteroatoms. The maximum Gasteiger partial charge on any atom is 0.162 e. The molecule has 2 N–H and O–H groups in total. The normalized spacial score (nSPS) is 12.6. The van der Waals surface area contributed by atoms with E-state index in [4.69, 9.17) is 14.9 Å². The Kier molecular flexibility index (Phi) is 4.29. The van der Waals surface area contributed by atoms with E-state index in [2.05, 4.69) is 0 Å². The molecule has 0 aliphatic rings. The van der Waals surface area contributed by atoms with Crippen LogP contribution < -0.4 is 5.73 Å². The van der Waals surface area contributed by atoms with Gasteiger partial charge in [-0.25, -0.2) is 8.78 Å². The Hall–Kier alpha value is -1.72. The van der Waals surface area contributed by atoms with Crippen molar-refractivity contribution >= 4 is 0 Å². The molecule has 19 heavy (non-hydrogen) atoms. The number of rotatable bonds is 5. The molecule has 0 bridgehead atoms. The fourth-order valence-corrected chi connectivity index (χ4v) is 1.86. The quantitative estimate of drug-likeness (QED) is 0.906. The first-order valence-electron chi connectivity index (χ1n) is 5.88. The molecule has 2 aromatic rings. The molecule has 1 aromatic heterocycles. The zero-order valence-electron chi connectivity index (χ0n) is 10.5. The van der Waals surface area contributed by atoms with Gasteiger partial charge in [0.25, 0.3) is 0 Å². The molecular formula is C14H15F2NO2. The van der Waals surface area contributed by atoms with Gasteiger partial charge in [0.2, 0.25) is 0 Å². The summed E-state index contributed by atoms with van der Waals surface area (Å²) >= 11 is 0. The van der Waals surface area contributed by atoms with E-state index in [9.17, 15) is 8.78 Å². The van der Waals surface area contributed by atoms with Crippen LogP contribution in [0.1, 0.15) is 23.1 Å². The molecule has 1 aromatic carbocycles. The molecule has 1 unspecified atom stereocenters. The molecule has 0 radical (unpaired) electrons. The highest BCUT2D eigenvalue weighted by molar-refractivity contribution is 5.22. The standard InChI is InChI=1S/C14H15F2NO2/c1-18-8-10-5-6-13(19-10)12(17)7-9-3-2-4-11(15)14(9)16/h2-6,12H,7-8,17H2,1H3. The lowest BCUT2D eigenvalue weighted by Gasteiger charge is -2.10. The number of methoxy groups -OCH3 is 1. The van der Waals surface area contributed by atoms with Crippen LogP contribution >= 0.6 is 0 Å². The Labute approximate surface area is 110 Å². The van der Waals surface area contributed by atoms with Crippen LogP contribution in [0.25, 0.3) is 0 Å². The van der Waals surface area contributed by atoms with Crippen molar-refractivity contribution in [2.24, 2.45) is 5.73 Å². The van der Waals surface area contributed by atoms with Gasteiger partial charge in [-0.1, -0.05) is 12.1 Å². The first-order valence-corrected chi connectivity index (χ1v) is 5.88. The van der Waals surface area contributed by atoms with Crippen molar-refractivity contribution in [3.8, 4) is 0 Å². The van der Waals surface area contributed by atoms with Gasteiger partial charge < -0.3 is 14.9 Å². The van der Waals surface area contributed by atoms with E-state index in [-0.39, 0.29) is 12.0 Å². The van der Waals surface area contributed by atoms with Gasteiger partial charge in [0.1, 0.15) is 18.1 Å². The second-order valence-electron chi connectivity index (χ2n) is 4.26. The summed E-state index contributed by atoms with van der Waals surface area (Å²) in [5.41, 5.74) is 6.17. The summed E-state index contributed by atoms with van der Waals surface area (Å²) in [6.07, 6.45) is 0.170. The van der Waals surface area contributed by atoms with Crippen molar-refractivity contribution in [1.29, 1.82) is 0 Å². The van der Waals surface area contributed by atoms with E-state index in [0.717, 1.165) is 6.07 Å². The van der Waals surface area contributed by atoms with E-state index < -0.39 is 17.7 Å². The van der Waals surface area contributed by atoms with E-state index in [1.807, 2.05) is 0 Å². The molecule has 0 fully saturated rings. The van der Waals surface area contributed by atoms with E-state index in [1.165, 1.54) is 12.1 Å². The zero-order valence-corrected chi connectivity index (χ0v) is 10.5. The van der Waals surface area contributed by atoms with Crippen molar-refractivity contribution in [2.75, 3.05) is 7.11 Å². The Balaban J connectivity index is 2.11. The van der Waals surface area contributed by atoms with Gasteiger partial charge in [-0.2, -0.15) is 0 Å². The molecule has 0 spiro atoms. The minimum atomic E-state index is -0.871. The van der Waals surface area contributed by atoms with Gasteiger partial charge in [0.05, 0.1) is 6.04 Å². The Morgan fingerprint density at radius 1 is 1.26 bits per heavy atom. The highest BCUT2D eigenvalue weighted by atomic mass is 19.2. The summed E-state index contributed by atoms with van der Waals surface area (Å²) in [7, 11) is 1.56. The first-order chi connectivity index (χ1) is 9.11. The summed E-state index contributed by atoms with van der Waals surface area (Å²) in [5.74, 6) is -0.561. The molecule has 0 saturated heterocycles. The van der Waals surface area contributed by atoms with Crippen molar-refractivity contribution in [3.63, 3.8) is 0 Å². The van der Waals surface area contributed by atoms with E-state index in [1.54, 1.807) is 19.2 Å². The Morgan fingerprint density at radius 3 is 2.79 bits per heavy atom. The summed E-state index contributed by atoms with van der Waals surface area (Å²) < 4.78 is 37.0. The Morgan fingerprint density at radius 2 is 2.05 bits per heavy atom. The minimum absolute atomic E-state index is 0.170. The third kappa shape index (κ3) is 3.19. The third-order valence-electron chi connectivity index (χ3n) is 2.81. The van der Waals surface area contributed by atoms with Crippen LogP contribution in [0.5, 0.6) is 0 Å². The van der Waals surface area contributed by atoms with Crippen molar-refractivity contribution in [3.05, 3.63) is 59.1 Å². The largest absolute Gasteiger partial charge is 0.462 e. The molecule has 1 atom stereocenters. The summed E-state index contributed by atoms with van der Waals surface area (Å²) in [6.45, 7) is 0.348.